The van der Waals surface area contributed by atoms with Gasteiger partial charge in [0.1, 0.15) is 24.1 Å². The van der Waals surface area contributed by atoms with Crippen LogP contribution in [0.25, 0.3) is 16.7 Å². The molecule has 4 aromatic rings. The Bertz CT molecular complexity index is 1690. The van der Waals surface area contributed by atoms with Gasteiger partial charge in [-0.3, -0.25) is 4.90 Å². The van der Waals surface area contributed by atoms with Crippen molar-refractivity contribution in [3.05, 3.63) is 77.4 Å². The zero-order valence-corrected chi connectivity index (χ0v) is 26.3. The van der Waals surface area contributed by atoms with Crippen molar-refractivity contribution >= 4 is 35.4 Å². The van der Waals surface area contributed by atoms with Crippen molar-refractivity contribution in [2.24, 2.45) is 0 Å². The Morgan fingerprint density at radius 3 is 2.58 bits per heavy atom. The molecule has 3 heterocycles. The molecule has 224 valence electrons. The summed E-state index contributed by atoms with van der Waals surface area (Å²) in [4.78, 5) is 23.5. The minimum absolute atomic E-state index is 0.0384. The molecular weight excluding hydrogens is 564 g/mol. The predicted molar refractivity (Wildman–Crippen MR) is 168 cm³/mol. The molecule has 6 rings (SSSR count). The lowest BCUT2D eigenvalue weighted by atomic mass is 9.80. The van der Waals surface area contributed by atoms with Crippen LogP contribution in [-0.2, 0) is 16.1 Å². The summed E-state index contributed by atoms with van der Waals surface area (Å²) in [5.41, 5.74) is 3.29. The zero-order valence-electron chi connectivity index (χ0n) is 25.4. The normalized spacial score (nSPS) is 19.9. The Kier molecular flexibility index (Phi) is 8.05. The van der Waals surface area contributed by atoms with E-state index in [1.54, 1.807) is 0 Å². The van der Waals surface area contributed by atoms with Gasteiger partial charge >= 0.3 is 6.09 Å². The van der Waals surface area contributed by atoms with Gasteiger partial charge in [-0.25, -0.2) is 19.4 Å². The number of ether oxygens (including phenoxy) is 2. The van der Waals surface area contributed by atoms with Crippen molar-refractivity contribution in [1.82, 2.24) is 24.6 Å². The van der Waals surface area contributed by atoms with Crippen LogP contribution in [0.3, 0.4) is 0 Å². The number of fused-ring (bicyclic) bond motifs is 1. The van der Waals surface area contributed by atoms with Crippen LogP contribution in [0.4, 0.5) is 9.18 Å². The number of benzene rings is 2. The molecule has 1 amide bonds. The van der Waals surface area contributed by atoms with Gasteiger partial charge < -0.3 is 9.47 Å². The molecule has 0 N–H and O–H groups in total. The Hall–Kier alpha value is -3.68. The lowest BCUT2D eigenvalue weighted by Crippen LogP contribution is -2.43. The molecule has 10 heteroatoms. The van der Waals surface area contributed by atoms with E-state index < -0.39 is 19.2 Å². The maximum Gasteiger partial charge on any atom is 0.410 e. The summed E-state index contributed by atoms with van der Waals surface area (Å²) in [6.45, 7) is 10.4. The molecule has 2 aromatic carbocycles. The number of aryl methyl sites for hydroxylation is 2. The van der Waals surface area contributed by atoms with Gasteiger partial charge in [-0.1, -0.05) is 30.3 Å². The number of amides is 1. The number of hydrogen-bond acceptors (Lipinski definition) is 6. The molecule has 1 unspecified atom stereocenters. The van der Waals surface area contributed by atoms with E-state index >= 15 is 4.39 Å². The first kappa shape index (κ1) is 29.4. The second-order valence-corrected chi connectivity index (χ2v) is 14.7. The van der Waals surface area contributed by atoms with E-state index in [4.69, 9.17) is 19.4 Å². The highest BCUT2D eigenvalue weighted by Crippen LogP contribution is 2.39. The third-order valence-corrected chi connectivity index (χ3v) is 10.4. The van der Waals surface area contributed by atoms with Gasteiger partial charge in [0, 0.05) is 29.1 Å². The molecule has 1 fully saturated rings. The first-order valence-corrected chi connectivity index (χ1v) is 16.3. The highest BCUT2D eigenvalue weighted by atomic mass is 31.1. The first-order valence-electron chi connectivity index (χ1n) is 14.8. The fourth-order valence-electron chi connectivity index (χ4n) is 5.67. The van der Waals surface area contributed by atoms with Crippen LogP contribution in [0.2, 0.25) is 0 Å². The molecular formula is C33H38FN5O3P+. The lowest BCUT2D eigenvalue weighted by Gasteiger charge is -2.35. The summed E-state index contributed by atoms with van der Waals surface area (Å²) in [6, 6.07) is 16.4. The van der Waals surface area contributed by atoms with Crippen molar-refractivity contribution in [2.75, 3.05) is 19.3 Å². The van der Waals surface area contributed by atoms with E-state index in [0.717, 1.165) is 40.3 Å². The fraction of sp³-hybridized carbons (Fsp3) is 0.424. The second-order valence-electron chi connectivity index (χ2n) is 12.5. The van der Waals surface area contributed by atoms with Crippen molar-refractivity contribution in [1.29, 1.82) is 0 Å². The molecule has 8 nitrogen and oxygen atoms in total. The number of nitrogens with zero attached hydrogens (tertiary/aromatic N) is 5. The molecule has 0 radical (unpaired) electrons. The molecule has 2 aromatic heterocycles. The maximum absolute atomic E-state index is 15.6. The number of aromatic nitrogens is 4. The standard InChI is InChI=1S/C33H38FN5O3P/c1-21-13-25-18-35-39(28(25)17-29(21)43-12-11-38(19-30(43)34)32(40)42-33(3,4)5)31-16-27(36-22(2)37-31)24-14-26(15-24)41-20-23-9-7-6-8-10-23/h6-10,13,16-18,24,26H,11-12,14-15,19-20H2,1-5H3/q+1. The SMILES string of the molecule is Cc1nc(C2CC(OCc3ccccc3)C2)cc(-n2ncc3cc(C)c([P+]4=C(F)CN(C(=O)OC(C)(C)C)CC4)cc32)n1. The third kappa shape index (κ3) is 6.48. The third-order valence-electron chi connectivity index (χ3n) is 7.94. The monoisotopic (exact) mass is 602 g/mol. The molecule has 43 heavy (non-hydrogen) atoms. The maximum atomic E-state index is 15.6. The van der Waals surface area contributed by atoms with Gasteiger partial charge in [-0.2, -0.15) is 9.49 Å². The van der Waals surface area contributed by atoms with E-state index in [1.165, 1.54) is 10.5 Å². The van der Waals surface area contributed by atoms with Gasteiger partial charge in [0.05, 0.1) is 31.0 Å². The Labute approximate surface area is 252 Å². The number of carbonyl (C=O) groups excluding carboxylic acids is 1. The van der Waals surface area contributed by atoms with E-state index in [1.807, 2.05) is 69.8 Å². The van der Waals surface area contributed by atoms with E-state index in [2.05, 4.69) is 29.4 Å². The highest BCUT2D eigenvalue weighted by molar-refractivity contribution is 7.66. The summed E-state index contributed by atoms with van der Waals surface area (Å²) in [5, 5.41) is 6.62. The Morgan fingerprint density at radius 2 is 1.86 bits per heavy atom. The van der Waals surface area contributed by atoms with Crippen LogP contribution in [0, 0.1) is 13.8 Å². The number of carbonyl (C=O) groups is 1. The fourth-order valence-corrected chi connectivity index (χ4v) is 7.97. The molecule has 1 atom stereocenters. The second kappa shape index (κ2) is 11.8. The Morgan fingerprint density at radius 1 is 1.09 bits per heavy atom. The molecule has 1 aliphatic carbocycles. The largest absolute Gasteiger partial charge is 0.444 e. The van der Waals surface area contributed by atoms with Crippen molar-refractivity contribution in [2.45, 2.75) is 71.7 Å². The van der Waals surface area contributed by atoms with E-state index in [-0.39, 0.29) is 18.2 Å². The summed E-state index contributed by atoms with van der Waals surface area (Å²) in [6.07, 6.45) is 3.97. The number of halogens is 1. The number of rotatable bonds is 6. The summed E-state index contributed by atoms with van der Waals surface area (Å²) < 4.78 is 29.0. The average molecular weight is 603 g/mol. The van der Waals surface area contributed by atoms with Crippen LogP contribution in [-0.4, -0.2) is 67.2 Å². The Balaban J connectivity index is 1.22. The van der Waals surface area contributed by atoms with Gasteiger partial charge in [0.2, 0.25) is 0 Å². The van der Waals surface area contributed by atoms with E-state index in [9.17, 15) is 4.79 Å². The summed E-state index contributed by atoms with van der Waals surface area (Å²) in [5.74, 6) is 1.71. The predicted octanol–water partition coefficient (Wildman–Crippen LogP) is 6.35. The van der Waals surface area contributed by atoms with Crippen LogP contribution in [0.15, 0.2) is 54.7 Å². The van der Waals surface area contributed by atoms with Crippen molar-refractivity contribution < 1.29 is 18.7 Å². The van der Waals surface area contributed by atoms with Gasteiger partial charge in [-0.05, 0) is 64.7 Å². The molecule has 0 bridgehead atoms. The quantitative estimate of drug-likeness (QED) is 0.239. The molecule has 0 saturated heterocycles. The summed E-state index contributed by atoms with van der Waals surface area (Å²) in [7, 11) is -1.20. The van der Waals surface area contributed by atoms with Crippen LogP contribution in [0.5, 0.6) is 0 Å². The number of hydrogen-bond donors (Lipinski definition) is 0. The zero-order chi connectivity index (χ0) is 30.3. The van der Waals surface area contributed by atoms with E-state index in [0.29, 0.717) is 36.9 Å². The molecule has 0 spiro atoms. The highest BCUT2D eigenvalue weighted by Gasteiger charge is 2.36. The van der Waals surface area contributed by atoms with Crippen LogP contribution in [0.1, 0.15) is 62.2 Å². The molecule has 1 aliphatic heterocycles. The average Bonchev–Trinajstić information content (AvgIpc) is 3.34. The summed E-state index contributed by atoms with van der Waals surface area (Å²) >= 11 is 0. The van der Waals surface area contributed by atoms with Gasteiger partial charge in [0.15, 0.2) is 18.7 Å². The van der Waals surface area contributed by atoms with Crippen LogP contribution >= 0.6 is 7.55 Å². The molecule has 2 aliphatic rings. The lowest BCUT2D eigenvalue weighted by molar-refractivity contribution is -0.0215. The van der Waals surface area contributed by atoms with Crippen molar-refractivity contribution in [3.8, 4) is 5.82 Å². The minimum Gasteiger partial charge on any atom is -0.444 e. The topological polar surface area (TPSA) is 82.4 Å². The smallest absolute Gasteiger partial charge is 0.410 e. The first-order chi connectivity index (χ1) is 20.5. The molecule has 1 saturated carbocycles. The van der Waals surface area contributed by atoms with Crippen molar-refractivity contribution in [3.63, 3.8) is 0 Å². The van der Waals surface area contributed by atoms with Gasteiger partial charge in [-0.15, -0.1) is 0 Å². The van der Waals surface area contributed by atoms with Crippen LogP contribution < -0.4 is 5.30 Å². The van der Waals surface area contributed by atoms with Gasteiger partial charge in [0.25, 0.3) is 5.55 Å². The minimum atomic E-state index is -1.20.